The monoisotopic (exact) mass is 1110 g/mol. The summed E-state index contributed by atoms with van der Waals surface area (Å²) in [5.74, 6) is 0.211. The summed E-state index contributed by atoms with van der Waals surface area (Å²) in [7, 11) is 0. The van der Waals surface area contributed by atoms with E-state index in [4.69, 9.17) is 0 Å². The molecule has 1 aliphatic carbocycles. The van der Waals surface area contributed by atoms with Crippen LogP contribution in [0.15, 0.2) is 322 Å². The predicted octanol–water partition coefficient (Wildman–Crippen LogP) is 22.7. The normalized spacial score (nSPS) is 14.4. The largest absolute Gasteiger partial charge is 0.333 e. The summed E-state index contributed by atoms with van der Waals surface area (Å²) in [5.41, 5.74) is 20.0. The van der Waals surface area contributed by atoms with E-state index in [2.05, 4.69) is 348 Å². The SMILES string of the molecule is Cc1ccc2c(-c3ccc(N(c4ccccc4)c4ccc5c(c4)c4ccccc4n5-c4cccc5ccccc45)cc3)c3ccccc3c(-c3ccc(N(c4ccccc4)c4ccc5c(c4)C4C=CC=CC4N5c4cccc5ccccc45)cc3)c2c1. The van der Waals surface area contributed by atoms with E-state index in [9.17, 15) is 0 Å². The molecule has 410 valence electrons. The average molecular weight is 1110 g/mol. The quantitative estimate of drug-likeness (QED) is 0.127. The van der Waals surface area contributed by atoms with E-state index in [1.165, 1.54) is 115 Å². The Balaban J connectivity index is 0.753. The lowest BCUT2D eigenvalue weighted by molar-refractivity contribution is 0.746. The number of benzene rings is 14. The molecule has 87 heavy (non-hydrogen) atoms. The first kappa shape index (κ1) is 50.3. The number of nitrogens with zero attached hydrogens (tertiary/aromatic N) is 4. The van der Waals surface area contributed by atoms with Crippen LogP contribution in [0, 0.1) is 6.92 Å². The fraction of sp³-hybridized carbons (Fsp3) is 0.0361. The summed E-state index contributed by atoms with van der Waals surface area (Å²) in [5, 5.41) is 12.3. The highest BCUT2D eigenvalue weighted by atomic mass is 15.2. The van der Waals surface area contributed by atoms with Gasteiger partial charge in [0.05, 0.1) is 22.8 Å². The van der Waals surface area contributed by atoms with Crippen LogP contribution in [0.5, 0.6) is 0 Å². The van der Waals surface area contributed by atoms with Gasteiger partial charge in [0.2, 0.25) is 0 Å². The zero-order chi connectivity index (χ0) is 57.5. The summed E-state index contributed by atoms with van der Waals surface area (Å²) >= 11 is 0. The molecule has 2 aliphatic rings. The second-order valence-electron chi connectivity index (χ2n) is 23.2. The standard InChI is InChI=1S/C83H58N4/c1-55-38-49-72-75(52-55)83(59-41-45-63(46-42-59)85(61-26-6-3-7-27-61)65-48-51-81-74(54-65)69-31-15-17-35-79(69)87(81)77-37-19-23-57-21-9-11-29-67(57)77)71-33-13-12-32-70(71)82(72)58-39-43-62(44-40-58)84(60-24-4-2-5-25-60)64-47-50-80-73(53-64)68-30-14-16-34-78(68)86(80)76-36-18-22-56-20-8-10-28-66(56)76/h2-54,69,79H,1H3. The van der Waals surface area contributed by atoms with Crippen LogP contribution in [0.2, 0.25) is 0 Å². The number of allylic oxidation sites excluding steroid dienone is 2. The first-order valence-corrected chi connectivity index (χ1v) is 30.2. The maximum atomic E-state index is 2.56. The summed E-state index contributed by atoms with van der Waals surface area (Å²) in [6.07, 6.45) is 9.17. The number of fused-ring (bicyclic) bond motifs is 10. The number of aromatic nitrogens is 1. The predicted molar refractivity (Wildman–Crippen MR) is 369 cm³/mol. The molecule has 0 fully saturated rings. The lowest BCUT2D eigenvalue weighted by atomic mass is 9.85. The van der Waals surface area contributed by atoms with Gasteiger partial charge in [-0.15, -0.1) is 0 Å². The van der Waals surface area contributed by atoms with Crippen molar-refractivity contribution >= 4 is 110 Å². The molecule has 0 saturated carbocycles. The van der Waals surface area contributed by atoms with Crippen LogP contribution >= 0.6 is 0 Å². The lowest BCUT2D eigenvalue weighted by Crippen LogP contribution is -2.28. The molecular weight excluding hydrogens is 1050 g/mol. The zero-order valence-electron chi connectivity index (χ0n) is 48.0. The molecule has 0 amide bonds. The van der Waals surface area contributed by atoms with Crippen molar-refractivity contribution in [1.82, 2.24) is 4.57 Å². The highest BCUT2D eigenvalue weighted by Gasteiger charge is 2.38. The molecule has 17 rings (SSSR count). The number of rotatable bonds is 10. The van der Waals surface area contributed by atoms with Gasteiger partial charge >= 0.3 is 0 Å². The second kappa shape index (κ2) is 20.5. The van der Waals surface area contributed by atoms with Crippen LogP contribution in [-0.2, 0) is 0 Å². The fourth-order valence-electron chi connectivity index (χ4n) is 14.4. The smallest absolute Gasteiger partial charge is 0.0629 e. The van der Waals surface area contributed by atoms with E-state index < -0.39 is 0 Å². The molecule has 0 spiro atoms. The Morgan fingerprint density at radius 2 is 0.770 bits per heavy atom. The van der Waals surface area contributed by atoms with Crippen molar-refractivity contribution in [1.29, 1.82) is 0 Å². The van der Waals surface area contributed by atoms with Crippen LogP contribution in [0.3, 0.4) is 0 Å². The molecule has 0 N–H and O–H groups in total. The van der Waals surface area contributed by atoms with Crippen molar-refractivity contribution < 1.29 is 0 Å². The maximum absolute atomic E-state index is 2.56. The average Bonchev–Trinajstić information content (AvgIpc) is 3.32. The summed E-state index contributed by atoms with van der Waals surface area (Å²) in [4.78, 5) is 7.36. The van der Waals surface area contributed by atoms with E-state index in [0.717, 1.165) is 34.1 Å². The molecule has 15 aromatic rings. The third-order valence-electron chi connectivity index (χ3n) is 18.3. The number of para-hydroxylation sites is 3. The van der Waals surface area contributed by atoms with Gasteiger partial charge in [0.25, 0.3) is 0 Å². The van der Waals surface area contributed by atoms with E-state index >= 15 is 0 Å². The topological polar surface area (TPSA) is 14.7 Å². The Labute approximate surface area is 506 Å². The number of anilines is 8. The van der Waals surface area contributed by atoms with Gasteiger partial charge < -0.3 is 19.3 Å². The van der Waals surface area contributed by atoms with Gasteiger partial charge in [0.1, 0.15) is 0 Å². The Morgan fingerprint density at radius 3 is 1.43 bits per heavy atom. The first-order chi connectivity index (χ1) is 43.1. The maximum Gasteiger partial charge on any atom is 0.0629 e. The fourth-order valence-corrected chi connectivity index (χ4v) is 14.4. The summed E-state index contributed by atoms with van der Waals surface area (Å²) in [6, 6.07) is 110. The number of aryl methyl sites for hydroxylation is 1. The molecular formula is C83H58N4. The molecule has 4 nitrogen and oxygen atoms in total. The molecule has 0 radical (unpaired) electrons. The minimum absolute atomic E-state index is 0.176. The molecule has 2 atom stereocenters. The van der Waals surface area contributed by atoms with E-state index in [1.807, 2.05) is 0 Å². The lowest BCUT2D eigenvalue weighted by Gasteiger charge is -2.30. The summed E-state index contributed by atoms with van der Waals surface area (Å²) in [6.45, 7) is 2.21. The van der Waals surface area contributed by atoms with E-state index in [-0.39, 0.29) is 12.0 Å². The summed E-state index contributed by atoms with van der Waals surface area (Å²) < 4.78 is 2.44. The molecule has 0 bridgehead atoms. The van der Waals surface area contributed by atoms with Gasteiger partial charge in [0, 0.05) is 73.0 Å². The molecule has 1 aliphatic heterocycles. The molecule has 14 aromatic carbocycles. The third-order valence-corrected chi connectivity index (χ3v) is 18.3. The van der Waals surface area contributed by atoms with E-state index in [0.29, 0.717) is 0 Å². The number of hydrogen-bond acceptors (Lipinski definition) is 3. The van der Waals surface area contributed by atoms with E-state index in [1.54, 1.807) is 0 Å². The van der Waals surface area contributed by atoms with Gasteiger partial charge in [-0.05, 0) is 170 Å². The number of hydrogen-bond donors (Lipinski definition) is 0. The van der Waals surface area contributed by atoms with Gasteiger partial charge in [-0.2, -0.15) is 0 Å². The molecule has 0 saturated heterocycles. The van der Waals surface area contributed by atoms with Gasteiger partial charge in [-0.3, -0.25) is 0 Å². The van der Waals surface area contributed by atoms with Crippen molar-refractivity contribution in [2.24, 2.45) is 0 Å². The molecule has 4 heteroatoms. The van der Waals surface area contributed by atoms with Crippen molar-refractivity contribution in [3.8, 4) is 27.9 Å². The van der Waals surface area contributed by atoms with Crippen molar-refractivity contribution in [3.63, 3.8) is 0 Å². The van der Waals surface area contributed by atoms with Gasteiger partial charge in [-0.1, -0.05) is 224 Å². The van der Waals surface area contributed by atoms with Crippen LogP contribution < -0.4 is 14.7 Å². The zero-order valence-corrected chi connectivity index (χ0v) is 48.0. The highest BCUT2D eigenvalue weighted by Crippen LogP contribution is 2.52. The Bertz CT molecular complexity index is 5240. The molecule has 2 unspecified atom stereocenters. The Hall–Kier alpha value is -11.2. The van der Waals surface area contributed by atoms with Gasteiger partial charge in [-0.25, -0.2) is 0 Å². The molecule has 1 aromatic heterocycles. The van der Waals surface area contributed by atoms with Crippen LogP contribution in [0.4, 0.5) is 45.5 Å². The Kier molecular flexibility index (Phi) is 11.9. The van der Waals surface area contributed by atoms with Crippen LogP contribution in [0.1, 0.15) is 17.0 Å². The first-order valence-electron chi connectivity index (χ1n) is 30.2. The highest BCUT2D eigenvalue weighted by molar-refractivity contribution is 6.22. The minimum Gasteiger partial charge on any atom is -0.333 e. The second-order valence-corrected chi connectivity index (χ2v) is 23.2. The minimum atomic E-state index is 0.176. The Morgan fingerprint density at radius 1 is 0.299 bits per heavy atom. The van der Waals surface area contributed by atoms with Crippen LogP contribution in [-0.4, -0.2) is 10.6 Å². The van der Waals surface area contributed by atoms with Crippen molar-refractivity contribution in [3.05, 3.63) is 333 Å². The third kappa shape index (κ3) is 8.28. The van der Waals surface area contributed by atoms with Crippen molar-refractivity contribution in [2.75, 3.05) is 14.7 Å². The van der Waals surface area contributed by atoms with Crippen molar-refractivity contribution in [2.45, 2.75) is 18.9 Å². The molecule has 2 heterocycles. The van der Waals surface area contributed by atoms with Crippen LogP contribution in [0.25, 0.3) is 92.8 Å². The van der Waals surface area contributed by atoms with Gasteiger partial charge in [0.15, 0.2) is 0 Å².